The molecular weight excluding hydrogens is 645 g/mol. The first-order chi connectivity index (χ1) is 18.1. The molecule has 14 heteroatoms. The zero-order valence-corrected chi connectivity index (χ0v) is 22.4. The van der Waals surface area contributed by atoms with E-state index in [0.717, 1.165) is 6.07 Å². The van der Waals surface area contributed by atoms with E-state index >= 15 is 0 Å². The predicted molar refractivity (Wildman–Crippen MR) is 136 cm³/mol. The maximum absolute atomic E-state index is 13.4. The van der Waals surface area contributed by atoms with Crippen LogP contribution >= 0.6 is 22.6 Å². The fraction of sp³-hybridized carbons (Fsp3) is 0.320. The standard InChI is InChI=1S/C25H21F6IN4O3/c1-13(15-3-5-16(6-4-15)23(38)39)33-21(37)20-19(11-24(26,27)28)34-36-9-8-35(22(20)36)12-14-2-7-18(32)17(10-14)25(29,30)31/h2-7,10,13H,8-9,11-12H2,1H3,(H,33,37)(H,38,39)/t13-/m0/s1. The molecule has 0 saturated carbocycles. The van der Waals surface area contributed by atoms with Crippen molar-refractivity contribution in [2.24, 2.45) is 0 Å². The van der Waals surface area contributed by atoms with Crippen molar-refractivity contribution in [3.8, 4) is 0 Å². The van der Waals surface area contributed by atoms with Gasteiger partial charge in [0.1, 0.15) is 11.4 Å². The summed E-state index contributed by atoms with van der Waals surface area (Å²) in [6, 6.07) is 8.73. The number of alkyl halides is 6. The summed E-state index contributed by atoms with van der Waals surface area (Å²) in [7, 11) is 0. The molecule has 0 spiro atoms. The maximum atomic E-state index is 13.4. The van der Waals surface area contributed by atoms with Crippen molar-refractivity contribution in [2.75, 3.05) is 11.4 Å². The Hall–Kier alpha value is -3.30. The number of amides is 1. The number of aromatic nitrogens is 2. The predicted octanol–water partition coefficient (Wildman–Crippen LogP) is 5.82. The van der Waals surface area contributed by atoms with Crippen LogP contribution in [0.3, 0.4) is 0 Å². The summed E-state index contributed by atoms with van der Waals surface area (Å²) in [6.07, 6.45) is -10.7. The highest BCUT2D eigenvalue weighted by molar-refractivity contribution is 14.1. The highest BCUT2D eigenvalue weighted by Gasteiger charge is 2.38. The number of anilines is 1. The molecule has 2 heterocycles. The molecule has 0 fully saturated rings. The molecule has 0 bridgehead atoms. The van der Waals surface area contributed by atoms with Crippen molar-refractivity contribution >= 4 is 40.3 Å². The van der Waals surface area contributed by atoms with E-state index < -0.39 is 47.9 Å². The first kappa shape index (κ1) is 28.7. The first-order valence-corrected chi connectivity index (χ1v) is 12.6. The summed E-state index contributed by atoms with van der Waals surface area (Å²) < 4.78 is 81.6. The largest absolute Gasteiger partial charge is 0.478 e. The number of nitrogens with one attached hydrogen (secondary N) is 1. The van der Waals surface area contributed by atoms with Crippen LogP contribution in [-0.2, 0) is 25.7 Å². The van der Waals surface area contributed by atoms with E-state index in [2.05, 4.69) is 10.4 Å². The Labute approximate surface area is 231 Å². The molecule has 1 aliphatic rings. The molecule has 0 saturated heterocycles. The van der Waals surface area contributed by atoms with Crippen LogP contribution in [0.15, 0.2) is 42.5 Å². The Morgan fingerprint density at radius 1 is 1.08 bits per heavy atom. The van der Waals surface area contributed by atoms with Gasteiger partial charge in [-0.15, -0.1) is 0 Å². The fourth-order valence-corrected chi connectivity index (χ4v) is 5.02. The van der Waals surface area contributed by atoms with E-state index in [9.17, 15) is 35.9 Å². The van der Waals surface area contributed by atoms with Gasteiger partial charge in [-0.25, -0.2) is 9.48 Å². The second-order valence-electron chi connectivity index (χ2n) is 9.02. The van der Waals surface area contributed by atoms with E-state index in [-0.39, 0.29) is 45.7 Å². The molecule has 3 aromatic rings. The van der Waals surface area contributed by atoms with Crippen molar-refractivity contribution in [1.82, 2.24) is 15.1 Å². The Morgan fingerprint density at radius 3 is 2.33 bits per heavy atom. The summed E-state index contributed by atoms with van der Waals surface area (Å²) in [6.45, 7) is 1.89. The van der Waals surface area contributed by atoms with Crippen molar-refractivity contribution in [3.63, 3.8) is 0 Å². The van der Waals surface area contributed by atoms with Crippen LogP contribution in [-0.4, -0.2) is 39.5 Å². The number of rotatable bonds is 7. The second kappa shape index (κ2) is 10.7. The third-order valence-corrected chi connectivity index (χ3v) is 7.13. The Morgan fingerprint density at radius 2 is 1.74 bits per heavy atom. The Bertz CT molecular complexity index is 1400. The minimum Gasteiger partial charge on any atom is -0.478 e. The quantitative estimate of drug-likeness (QED) is 0.245. The van der Waals surface area contributed by atoms with Crippen LogP contribution in [0.1, 0.15) is 56.1 Å². The topological polar surface area (TPSA) is 87.5 Å². The number of benzene rings is 2. The number of carbonyl (C=O) groups is 2. The van der Waals surface area contributed by atoms with Crippen molar-refractivity contribution < 1.29 is 41.0 Å². The number of hydrogen-bond acceptors (Lipinski definition) is 4. The van der Waals surface area contributed by atoms with E-state index in [1.54, 1.807) is 29.5 Å². The van der Waals surface area contributed by atoms with Gasteiger partial charge in [0.15, 0.2) is 0 Å². The Balaban J connectivity index is 1.66. The zero-order chi connectivity index (χ0) is 28.7. The molecule has 2 N–H and O–H groups in total. The van der Waals surface area contributed by atoms with Gasteiger partial charge in [0.05, 0.1) is 35.8 Å². The average Bonchev–Trinajstić information content (AvgIpc) is 3.37. The first-order valence-electron chi connectivity index (χ1n) is 11.5. The second-order valence-corrected chi connectivity index (χ2v) is 10.2. The van der Waals surface area contributed by atoms with Gasteiger partial charge in [0, 0.05) is 16.7 Å². The van der Waals surface area contributed by atoms with Crippen molar-refractivity contribution in [1.29, 1.82) is 0 Å². The molecule has 2 aromatic carbocycles. The summed E-state index contributed by atoms with van der Waals surface area (Å²) in [4.78, 5) is 26.0. The van der Waals surface area contributed by atoms with Gasteiger partial charge < -0.3 is 15.3 Å². The summed E-state index contributed by atoms with van der Waals surface area (Å²) in [5.41, 5.74) is -0.809. The van der Waals surface area contributed by atoms with Crippen LogP contribution in [0.25, 0.3) is 0 Å². The van der Waals surface area contributed by atoms with Gasteiger partial charge in [0.25, 0.3) is 5.91 Å². The molecule has 4 rings (SSSR count). The van der Waals surface area contributed by atoms with Gasteiger partial charge in [0.2, 0.25) is 0 Å². The minimum absolute atomic E-state index is 0.00761. The summed E-state index contributed by atoms with van der Waals surface area (Å²) in [5, 5.41) is 15.7. The van der Waals surface area contributed by atoms with Gasteiger partial charge >= 0.3 is 18.3 Å². The van der Waals surface area contributed by atoms with Crippen LogP contribution in [0.4, 0.5) is 32.2 Å². The lowest BCUT2D eigenvalue weighted by Gasteiger charge is -2.21. The lowest BCUT2D eigenvalue weighted by atomic mass is 10.0. The van der Waals surface area contributed by atoms with Gasteiger partial charge in [-0.2, -0.15) is 31.4 Å². The SMILES string of the molecule is C[C@H](NC(=O)c1c(CC(F)(F)F)nn2c1N(Cc1ccc(I)c(C(F)(F)F)c1)CC2)c1ccc(C(=O)O)cc1. The summed E-state index contributed by atoms with van der Waals surface area (Å²) >= 11 is 1.58. The van der Waals surface area contributed by atoms with Gasteiger partial charge in [-0.05, 0) is 64.9 Å². The van der Waals surface area contributed by atoms with Crippen molar-refractivity contribution in [3.05, 3.63) is 79.5 Å². The number of carbonyl (C=O) groups excluding carboxylic acids is 1. The molecule has 208 valence electrons. The fourth-order valence-electron chi connectivity index (χ4n) is 4.37. The summed E-state index contributed by atoms with van der Waals surface area (Å²) in [5.74, 6) is -1.89. The number of aromatic carboxylic acids is 1. The molecule has 1 amide bonds. The lowest BCUT2D eigenvalue weighted by Crippen LogP contribution is -2.30. The van der Waals surface area contributed by atoms with Gasteiger partial charge in [-0.1, -0.05) is 18.2 Å². The molecule has 7 nitrogen and oxygen atoms in total. The number of nitrogens with zero attached hydrogens (tertiary/aromatic N) is 3. The molecule has 0 aliphatic carbocycles. The number of hydrogen-bond donors (Lipinski definition) is 2. The maximum Gasteiger partial charge on any atom is 0.417 e. The van der Waals surface area contributed by atoms with Crippen LogP contribution in [0.5, 0.6) is 0 Å². The molecule has 0 radical (unpaired) electrons. The van der Waals surface area contributed by atoms with Crippen LogP contribution in [0.2, 0.25) is 0 Å². The molecular formula is C25H21F6IN4O3. The molecule has 1 atom stereocenters. The molecule has 0 unspecified atom stereocenters. The van der Waals surface area contributed by atoms with Gasteiger partial charge in [-0.3, -0.25) is 4.79 Å². The third kappa shape index (κ3) is 6.47. The van der Waals surface area contributed by atoms with E-state index in [4.69, 9.17) is 5.11 Å². The normalized spacial score (nSPS) is 14.3. The smallest absolute Gasteiger partial charge is 0.417 e. The molecule has 1 aromatic heterocycles. The third-order valence-electron chi connectivity index (χ3n) is 6.19. The van der Waals surface area contributed by atoms with Crippen LogP contribution in [0, 0.1) is 3.57 Å². The highest BCUT2D eigenvalue weighted by atomic mass is 127. The van der Waals surface area contributed by atoms with Crippen LogP contribution < -0.4 is 10.2 Å². The van der Waals surface area contributed by atoms with E-state index in [1.165, 1.54) is 46.0 Å². The molecule has 1 aliphatic heterocycles. The number of fused-ring (bicyclic) bond motifs is 1. The monoisotopic (exact) mass is 666 g/mol. The number of halogens is 7. The molecule has 39 heavy (non-hydrogen) atoms. The van der Waals surface area contributed by atoms with Crippen molar-refractivity contribution in [2.45, 2.75) is 44.8 Å². The lowest BCUT2D eigenvalue weighted by molar-refractivity contribution is -0.138. The van der Waals surface area contributed by atoms with E-state index in [1.807, 2.05) is 0 Å². The highest BCUT2D eigenvalue weighted by Crippen LogP contribution is 2.36. The minimum atomic E-state index is -4.66. The average molecular weight is 666 g/mol. The number of carboxylic acid groups (broad SMARTS) is 1. The van der Waals surface area contributed by atoms with E-state index in [0.29, 0.717) is 5.56 Å². The Kier molecular flexibility index (Phi) is 7.87. The zero-order valence-electron chi connectivity index (χ0n) is 20.2. The number of carboxylic acids is 1.